The fraction of sp³-hybridized carbons (Fsp3) is 0.714. The van der Waals surface area contributed by atoms with Crippen molar-refractivity contribution in [2.75, 3.05) is 5.32 Å². The number of rotatable bonds is 3. The molecular formula is C21H28N6O. The molecule has 1 N–H and O–H groups in total. The SMILES string of the molecule is CC1C(n2cccn2)CCc2nc(NC(=O)C34CC5CC(CC(C5)C3)C4)nn21. The van der Waals surface area contributed by atoms with Crippen LogP contribution in [0.2, 0.25) is 0 Å². The summed E-state index contributed by atoms with van der Waals surface area (Å²) in [6, 6.07) is 2.40. The summed E-state index contributed by atoms with van der Waals surface area (Å²) in [6.07, 6.45) is 12.9. The average Bonchev–Trinajstić information content (AvgIpc) is 3.31. The number of amides is 1. The van der Waals surface area contributed by atoms with Gasteiger partial charge in [0, 0.05) is 18.8 Å². The normalized spacial score (nSPS) is 38.4. The fourth-order valence-corrected chi connectivity index (χ4v) is 7.04. The zero-order valence-corrected chi connectivity index (χ0v) is 16.4. The maximum Gasteiger partial charge on any atom is 0.249 e. The highest BCUT2D eigenvalue weighted by atomic mass is 16.2. The third kappa shape index (κ3) is 2.47. The highest BCUT2D eigenvalue weighted by Crippen LogP contribution is 2.60. The Morgan fingerprint density at radius 1 is 1.18 bits per heavy atom. The van der Waals surface area contributed by atoms with Crippen molar-refractivity contribution in [3.63, 3.8) is 0 Å². The lowest BCUT2D eigenvalue weighted by atomic mass is 9.49. The van der Waals surface area contributed by atoms with Crippen molar-refractivity contribution < 1.29 is 4.79 Å². The summed E-state index contributed by atoms with van der Waals surface area (Å²) >= 11 is 0. The summed E-state index contributed by atoms with van der Waals surface area (Å²) in [4.78, 5) is 18.0. The topological polar surface area (TPSA) is 77.6 Å². The van der Waals surface area contributed by atoms with Gasteiger partial charge in [-0.3, -0.25) is 14.8 Å². The largest absolute Gasteiger partial charge is 0.293 e. The zero-order chi connectivity index (χ0) is 18.9. The van der Waals surface area contributed by atoms with Gasteiger partial charge in [0.1, 0.15) is 5.82 Å². The Morgan fingerprint density at radius 2 is 1.89 bits per heavy atom. The second-order valence-corrected chi connectivity index (χ2v) is 9.78. The first-order valence-corrected chi connectivity index (χ1v) is 10.9. The van der Waals surface area contributed by atoms with Crippen LogP contribution in [0.4, 0.5) is 5.95 Å². The van der Waals surface area contributed by atoms with Crippen LogP contribution in [0.5, 0.6) is 0 Å². The van der Waals surface area contributed by atoms with E-state index in [4.69, 9.17) is 5.10 Å². The summed E-state index contributed by atoms with van der Waals surface area (Å²) in [5.74, 6) is 3.91. The minimum absolute atomic E-state index is 0.163. The van der Waals surface area contributed by atoms with Gasteiger partial charge in [-0.1, -0.05) is 0 Å². The van der Waals surface area contributed by atoms with Gasteiger partial charge >= 0.3 is 0 Å². The molecule has 0 spiro atoms. The molecule has 0 saturated heterocycles. The van der Waals surface area contributed by atoms with Crippen LogP contribution in [0.3, 0.4) is 0 Å². The minimum atomic E-state index is -0.163. The Balaban J connectivity index is 1.22. The van der Waals surface area contributed by atoms with Gasteiger partial charge in [0.2, 0.25) is 11.9 Å². The molecule has 7 heteroatoms. The first-order valence-electron chi connectivity index (χ1n) is 10.9. The molecule has 5 aliphatic rings. The third-order valence-electron chi connectivity index (χ3n) is 7.92. The van der Waals surface area contributed by atoms with Gasteiger partial charge in [-0.25, -0.2) is 4.68 Å². The number of anilines is 1. The van der Waals surface area contributed by atoms with Gasteiger partial charge < -0.3 is 0 Å². The molecule has 3 heterocycles. The minimum Gasteiger partial charge on any atom is -0.293 e. The number of hydrogen-bond acceptors (Lipinski definition) is 4. The molecule has 148 valence electrons. The predicted molar refractivity (Wildman–Crippen MR) is 104 cm³/mol. The molecule has 7 rings (SSSR count). The summed E-state index contributed by atoms with van der Waals surface area (Å²) < 4.78 is 4.01. The van der Waals surface area contributed by atoms with E-state index in [0.717, 1.165) is 55.7 Å². The number of aromatic nitrogens is 5. The van der Waals surface area contributed by atoms with E-state index in [1.54, 1.807) is 0 Å². The van der Waals surface area contributed by atoms with Gasteiger partial charge in [0.25, 0.3) is 0 Å². The molecule has 2 unspecified atom stereocenters. The molecule has 4 saturated carbocycles. The number of carbonyl (C=O) groups is 1. The monoisotopic (exact) mass is 380 g/mol. The highest BCUT2D eigenvalue weighted by molar-refractivity contribution is 5.94. The lowest BCUT2D eigenvalue weighted by molar-refractivity contribution is -0.140. The maximum atomic E-state index is 13.3. The zero-order valence-electron chi connectivity index (χ0n) is 16.4. The van der Waals surface area contributed by atoms with Crippen LogP contribution in [0.1, 0.15) is 69.8 Å². The molecule has 7 nitrogen and oxygen atoms in total. The Bertz CT molecular complexity index is 865. The quantitative estimate of drug-likeness (QED) is 0.885. The van der Waals surface area contributed by atoms with Crippen LogP contribution >= 0.6 is 0 Å². The van der Waals surface area contributed by atoms with Gasteiger partial charge in [0.15, 0.2) is 0 Å². The second kappa shape index (κ2) is 5.91. The number of carbonyl (C=O) groups excluding carboxylic acids is 1. The summed E-state index contributed by atoms with van der Waals surface area (Å²) in [7, 11) is 0. The number of aryl methyl sites for hydroxylation is 1. The smallest absolute Gasteiger partial charge is 0.249 e. The third-order valence-corrected chi connectivity index (χ3v) is 7.92. The van der Waals surface area contributed by atoms with E-state index in [1.165, 1.54) is 19.3 Å². The molecule has 0 radical (unpaired) electrons. The fourth-order valence-electron chi connectivity index (χ4n) is 7.04. The second-order valence-electron chi connectivity index (χ2n) is 9.78. The van der Waals surface area contributed by atoms with Gasteiger partial charge in [-0.2, -0.15) is 10.1 Å². The van der Waals surface area contributed by atoms with Crippen LogP contribution in [-0.4, -0.2) is 30.5 Å². The lowest BCUT2D eigenvalue weighted by Gasteiger charge is -2.55. The van der Waals surface area contributed by atoms with E-state index in [1.807, 2.05) is 27.8 Å². The summed E-state index contributed by atoms with van der Waals surface area (Å²) in [5.41, 5.74) is -0.163. The molecule has 28 heavy (non-hydrogen) atoms. The van der Waals surface area contributed by atoms with Crippen molar-refractivity contribution in [1.29, 1.82) is 0 Å². The lowest BCUT2D eigenvalue weighted by Crippen LogP contribution is -2.51. The number of nitrogens with one attached hydrogen (secondary N) is 1. The van der Waals surface area contributed by atoms with E-state index < -0.39 is 0 Å². The Morgan fingerprint density at radius 3 is 2.54 bits per heavy atom. The maximum absolute atomic E-state index is 13.3. The molecule has 1 amide bonds. The average molecular weight is 380 g/mol. The molecule has 2 aromatic heterocycles. The highest BCUT2D eigenvalue weighted by Gasteiger charge is 2.54. The van der Waals surface area contributed by atoms with Crippen molar-refractivity contribution in [3.8, 4) is 0 Å². The van der Waals surface area contributed by atoms with E-state index in [9.17, 15) is 4.79 Å². The number of fused-ring (bicyclic) bond motifs is 1. The Hall–Kier alpha value is -2.18. The van der Waals surface area contributed by atoms with E-state index in [-0.39, 0.29) is 23.4 Å². The van der Waals surface area contributed by atoms with E-state index >= 15 is 0 Å². The van der Waals surface area contributed by atoms with E-state index in [0.29, 0.717) is 5.95 Å². The molecule has 4 fully saturated rings. The summed E-state index contributed by atoms with van der Waals surface area (Å²) in [6.45, 7) is 2.16. The van der Waals surface area contributed by atoms with Crippen molar-refractivity contribution in [2.24, 2.45) is 23.2 Å². The van der Waals surface area contributed by atoms with Crippen molar-refractivity contribution in [1.82, 2.24) is 24.5 Å². The molecule has 4 bridgehead atoms. The molecule has 4 aliphatic carbocycles. The predicted octanol–water partition coefficient (Wildman–Crippen LogP) is 3.38. The van der Waals surface area contributed by atoms with Crippen LogP contribution in [0.15, 0.2) is 18.5 Å². The van der Waals surface area contributed by atoms with Gasteiger partial charge in [0.05, 0.1) is 17.5 Å². The molecule has 0 aromatic carbocycles. The molecular weight excluding hydrogens is 352 g/mol. The Kier molecular flexibility index (Phi) is 3.53. The van der Waals surface area contributed by atoms with Crippen LogP contribution in [-0.2, 0) is 11.2 Å². The van der Waals surface area contributed by atoms with E-state index in [2.05, 4.69) is 22.3 Å². The van der Waals surface area contributed by atoms with Gasteiger partial charge in [-0.05, 0) is 75.7 Å². The number of hydrogen-bond donors (Lipinski definition) is 1. The standard InChI is InChI=1S/C21H28N6O/c1-13-17(26-6-2-5-22-26)3-4-18-23-20(25-27(13)18)24-19(28)21-10-14-7-15(11-21)9-16(8-14)12-21/h2,5-6,13-17H,3-4,7-12H2,1H3,(H,24,25,28). The molecule has 1 aliphatic heterocycles. The summed E-state index contributed by atoms with van der Waals surface area (Å²) in [5, 5.41) is 12.2. The molecule has 2 aromatic rings. The first-order chi connectivity index (χ1) is 13.6. The number of nitrogens with zero attached hydrogens (tertiary/aromatic N) is 5. The van der Waals surface area contributed by atoms with Crippen LogP contribution in [0, 0.1) is 23.2 Å². The Labute approximate surface area is 164 Å². The van der Waals surface area contributed by atoms with Gasteiger partial charge in [-0.15, -0.1) is 5.10 Å². The molecule has 2 atom stereocenters. The first kappa shape index (κ1) is 16.7. The van der Waals surface area contributed by atoms with Crippen molar-refractivity contribution in [3.05, 3.63) is 24.3 Å². The van der Waals surface area contributed by atoms with Crippen LogP contribution < -0.4 is 5.32 Å². The van der Waals surface area contributed by atoms with Crippen molar-refractivity contribution in [2.45, 2.75) is 70.4 Å². The van der Waals surface area contributed by atoms with Crippen molar-refractivity contribution >= 4 is 11.9 Å². The van der Waals surface area contributed by atoms with Crippen LogP contribution in [0.25, 0.3) is 0 Å².